The highest BCUT2D eigenvalue weighted by molar-refractivity contribution is 6.38. The highest BCUT2D eigenvalue weighted by Crippen LogP contribution is 1.97. The van der Waals surface area contributed by atoms with E-state index in [0.29, 0.717) is 12.0 Å². The van der Waals surface area contributed by atoms with Crippen molar-refractivity contribution < 1.29 is 4.79 Å². The third-order valence-corrected chi connectivity index (χ3v) is 0.867. The van der Waals surface area contributed by atoms with Crippen LogP contribution in [-0.4, -0.2) is 6.29 Å². The van der Waals surface area contributed by atoms with E-state index in [1.54, 1.807) is 6.92 Å². The number of hydrogen-bond donors (Lipinski definition) is 1. The van der Waals surface area contributed by atoms with Crippen LogP contribution in [0.2, 0.25) is 0 Å². The molecule has 3 heteroatoms. The summed E-state index contributed by atoms with van der Waals surface area (Å²) in [7, 11) is 0. The van der Waals surface area contributed by atoms with Crippen LogP contribution in [0.5, 0.6) is 0 Å². The van der Waals surface area contributed by atoms with Crippen molar-refractivity contribution in [3.8, 4) is 0 Å². The molecule has 0 aliphatic rings. The topological polar surface area (TPSA) is 43.1 Å². The van der Waals surface area contributed by atoms with E-state index in [4.69, 9.17) is 17.3 Å². The van der Waals surface area contributed by atoms with Gasteiger partial charge in [0.25, 0.3) is 0 Å². The van der Waals surface area contributed by atoms with Crippen LogP contribution in [0.1, 0.15) is 6.92 Å². The Labute approximate surface area is 46.9 Å². The second-order valence-electron chi connectivity index (χ2n) is 1.15. The predicted octanol–water partition coefficient (Wildman–Crippen LogP) is 0.614. The Balaban J connectivity index is 3.98. The number of carbonyl (C=O) groups is 1. The molecule has 0 fully saturated rings. The summed E-state index contributed by atoms with van der Waals surface area (Å²) in [5.41, 5.74) is 5.42. The van der Waals surface area contributed by atoms with Gasteiger partial charge in [-0.15, -0.1) is 0 Å². The summed E-state index contributed by atoms with van der Waals surface area (Å²) >= 11 is 5.19. The van der Waals surface area contributed by atoms with Crippen LogP contribution in [0, 0.1) is 0 Å². The average molecular weight is 120 g/mol. The van der Waals surface area contributed by atoms with Gasteiger partial charge < -0.3 is 5.73 Å². The Bertz CT molecular complexity index is 104. The van der Waals surface area contributed by atoms with Crippen molar-refractivity contribution in [1.82, 2.24) is 0 Å². The molecular formula is C4H6ClNO. The number of carbonyl (C=O) groups excluding carboxylic acids is 1. The minimum Gasteiger partial charge on any atom is -0.401 e. The van der Waals surface area contributed by atoms with Crippen LogP contribution in [0.3, 0.4) is 0 Å². The molecule has 0 aromatic heterocycles. The normalized spacial score (nSPS) is 12.9. The van der Waals surface area contributed by atoms with Crippen molar-refractivity contribution in [2.45, 2.75) is 6.92 Å². The number of allylic oxidation sites excluding steroid dienone is 2. The second-order valence-corrected chi connectivity index (χ2v) is 1.56. The van der Waals surface area contributed by atoms with Crippen LogP contribution in [0.15, 0.2) is 10.7 Å². The Hall–Kier alpha value is -0.500. The first-order valence-corrected chi connectivity index (χ1v) is 2.13. The quantitative estimate of drug-likeness (QED) is 0.406. The summed E-state index contributed by atoms with van der Waals surface area (Å²) in [5, 5.41) is 0.0833. The molecule has 0 aromatic carbocycles. The Morgan fingerprint density at radius 2 is 2.29 bits per heavy atom. The largest absolute Gasteiger partial charge is 0.401 e. The molecule has 0 aromatic rings. The van der Waals surface area contributed by atoms with Gasteiger partial charge in [0.05, 0.1) is 5.03 Å². The zero-order valence-corrected chi connectivity index (χ0v) is 4.70. The molecule has 40 valence electrons. The maximum absolute atomic E-state index is 9.68. The molecule has 0 unspecified atom stereocenters. The van der Waals surface area contributed by atoms with Gasteiger partial charge in [-0.1, -0.05) is 11.6 Å². The third kappa shape index (κ3) is 2.23. The van der Waals surface area contributed by atoms with Gasteiger partial charge in [0.1, 0.15) is 0 Å². The first-order chi connectivity index (χ1) is 3.18. The van der Waals surface area contributed by atoms with Gasteiger partial charge in [-0.3, -0.25) is 4.79 Å². The van der Waals surface area contributed by atoms with E-state index in [0.717, 1.165) is 0 Å². The van der Waals surface area contributed by atoms with Crippen LogP contribution in [-0.2, 0) is 4.79 Å². The Morgan fingerprint density at radius 3 is 2.29 bits per heavy atom. The highest BCUT2D eigenvalue weighted by Gasteiger charge is 1.87. The lowest BCUT2D eigenvalue weighted by Crippen LogP contribution is -1.93. The fourth-order valence-corrected chi connectivity index (χ4v) is 0.0929. The monoisotopic (exact) mass is 119 g/mol. The molecule has 0 atom stereocenters. The van der Waals surface area contributed by atoms with Gasteiger partial charge >= 0.3 is 0 Å². The molecule has 0 rings (SSSR count). The Morgan fingerprint density at radius 1 is 1.86 bits per heavy atom. The zero-order chi connectivity index (χ0) is 5.86. The van der Waals surface area contributed by atoms with Crippen molar-refractivity contribution in [2.75, 3.05) is 0 Å². The smallest absolute Gasteiger partial charge is 0.163 e. The average Bonchev–Trinajstić information content (AvgIpc) is 1.65. The molecule has 2 N–H and O–H groups in total. The van der Waals surface area contributed by atoms with E-state index in [-0.39, 0.29) is 5.03 Å². The molecular weight excluding hydrogens is 114 g/mol. The second kappa shape index (κ2) is 2.64. The lowest BCUT2D eigenvalue weighted by atomic mass is 10.5. The molecule has 7 heavy (non-hydrogen) atoms. The summed E-state index contributed by atoms with van der Waals surface area (Å²) in [6.07, 6.45) is 0.511. The fraction of sp³-hybridized carbons (Fsp3) is 0.250. The number of nitrogens with two attached hydrogens (primary N) is 1. The van der Waals surface area contributed by atoms with Crippen LogP contribution in [0.4, 0.5) is 0 Å². The van der Waals surface area contributed by atoms with Gasteiger partial charge in [-0.05, 0) is 6.92 Å². The molecule has 0 heterocycles. The van der Waals surface area contributed by atoms with E-state index in [1.807, 2.05) is 0 Å². The van der Waals surface area contributed by atoms with E-state index in [9.17, 15) is 4.79 Å². The van der Waals surface area contributed by atoms with E-state index in [2.05, 4.69) is 0 Å². The molecule has 0 saturated heterocycles. The molecule has 0 radical (unpaired) electrons. The Kier molecular flexibility index (Phi) is 2.45. The molecule has 2 nitrogen and oxygen atoms in total. The van der Waals surface area contributed by atoms with Crippen molar-refractivity contribution in [1.29, 1.82) is 0 Å². The zero-order valence-electron chi connectivity index (χ0n) is 3.94. The summed E-state index contributed by atoms with van der Waals surface area (Å²) in [5.74, 6) is 0. The first-order valence-electron chi connectivity index (χ1n) is 1.75. The van der Waals surface area contributed by atoms with Crippen LogP contribution in [0.25, 0.3) is 0 Å². The van der Waals surface area contributed by atoms with Gasteiger partial charge in [-0.2, -0.15) is 0 Å². The molecule has 0 aliphatic carbocycles. The van der Waals surface area contributed by atoms with E-state index < -0.39 is 0 Å². The standard InChI is InChI=1S/C4H6ClNO/c1-3(6)4(5)2-7/h2H,6H2,1H3. The SMILES string of the molecule is CC(N)=C(Cl)C=O. The maximum atomic E-state index is 9.68. The number of halogens is 1. The first kappa shape index (κ1) is 6.50. The lowest BCUT2D eigenvalue weighted by Gasteiger charge is -1.85. The number of hydrogen-bond acceptors (Lipinski definition) is 2. The molecule has 0 bridgehead atoms. The summed E-state index contributed by atoms with van der Waals surface area (Å²) in [6, 6.07) is 0. The predicted molar refractivity (Wildman–Crippen MR) is 28.8 cm³/mol. The van der Waals surface area contributed by atoms with Crippen LogP contribution >= 0.6 is 11.6 Å². The van der Waals surface area contributed by atoms with Gasteiger partial charge in [-0.25, -0.2) is 0 Å². The van der Waals surface area contributed by atoms with Gasteiger partial charge in [0.15, 0.2) is 6.29 Å². The molecule has 0 aliphatic heterocycles. The lowest BCUT2D eigenvalue weighted by molar-refractivity contribution is -0.104. The van der Waals surface area contributed by atoms with Gasteiger partial charge in [0.2, 0.25) is 0 Å². The maximum Gasteiger partial charge on any atom is 0.163 e. The molecule has 0 spiro atoms. The van der Waals surface area contributed by atoms with E-state index in [1.165, 1.54) is 0 Å². The number of aldehydes is 1. The third-order valence-electron chi connectivity index (χ3n) is 0.480. The number of rotatable bonds is 1. The van der Waals surface area contributed by atoms with Crippen LogP contribution < -0.4 is 5.73 Å². The van der Waals surface area contributed by atoms with Crippen molar-refractivity contribution in [2.24, 2.45) is 5.73 Å². The molecule has 0 saturated carbocycles. The summed E-state index contributed by atoms with van der Waals surface area (Å²) in [6.45, 7) is 1.57. The minimum absolute atomic E-state index is 0.0833. The summed E-state index contributed by atoms with van der Waals surface area (Å²) < 4.78 is 0. The van der Waals surface area contributed by atoms with Crippen molar-refractivity contribution >= 4 is 17.9 Å². The highest BCUT2D eigenvalue weighted by atomic mass is 35.5. The van der Waals surface area contributed by atoms with Gasteiger partial charge in [0, 0.05) is 5.70 Å². The summed E-state index contributed by atoms with van der Waals surface area (Å²) in [4.78, 5) is 9.68. The van der Waals surface area contributed by atoms with Crippen molar-refractivity contribution in [3.63, 3.8) is 0 Å². The minimum atomic E-state index is 0.0833. The molecule has 0 amide bonds. The fourth-order valence-electron chi connectivity index (χ4n) is 0.0929. The van der Waals surface area contributed by atoms with E-state index >= 15 is 0 Å². The van der Waals surface area contributed by atoms with Crippen molar-refractivity contribution in [3.05, 3.63) is 10.7 Å².